The van der Waals surface area contributed by atoms with E-state index >= 15 is 0 Å². The molecular formula is C20H27N5O3. The maximum atomic E-state index is 12.5. The zero-order valence-corrected chi connectivity index (χ0v) is 16.0. The molecule has 0 bridgehead atoms. The van der Waals surface area contributed by atoms with E-state index in [1.54, 1.807) is 4.57 Å². The molecule has 0 spiro atoms. The number of benzene rings is 1. The quantitative estimate of drug-likeness (QED) is 0.791. The summed E-state index contributed by atoms with van der Waals surface area (Å²) in [5.74, 6) is 1.34. The number of likely N-dealkylation sites (tertiary alicyclic amines) is 1. The molecule has 1 amide bonds. The van der Waals surface area contributed by atoms with Gasteiger partial charge in [0.25, 0.3) is 0 Å². The molecule has 1 aromatic carbocycles. The highest BCUT2D eigenvalue weighted by Crippen LogP contribution is 2.22. The first kappa shape index (κ1) is 18.9. The number of hydrogen-bond donors (Lipinski definition) is 2. The van der Waals surface area contributed by atoms with Crippen molar-refractivity contribution >= 4 is 5.91 Å². The third kappa shape index (κ3) is 4.34. The zero-order chi connectivity index (χ0) is 19.3. The molecule has 3 heterocycles. The van der Waals surface area contributed by atoms with Crippen molar-refractivity contribution in [2.75, 3.05) is 32.8 Å². The molecule has 8 nitrogen and oxygen atoms in total. The number of amides is 1. The van der Waals surface area contributed by atoms with E-state index in [-0.39, 0.29) is 17.7 Å². The molecule has 2 aliphatic heterocycles. The van der Waals surface area contributed by atoms with E-state index in [1.165, 1.54) is 0 Å². The Bertz CT molecular complexity index is 833. The first-order chi connectivity index (χ1) is 13.7. The molecule has 1 atom stereocenters. The van der Waals surface area contributed by atoms with Gasteiger partial charge in [0.05, 0.1) is 24.8 Å². The molecule has 1 aromatic heterocycles. The summed E-state index contributed by atoms with van der Waals surface area (Å²) in [6.07, 6.45) is 3.01. The second kappa shape index (κ2) is 8.70. The number of aromatic nitrogens is 3. The molecule has 0 unspecified atom stereocenters. The summed E-state index contributed by atoms with van der Waals surface area (Å²) in [7, 11) is 0. The molecule has 0 aliphatic carbocycles. The Morgan fingerprint density at radius 2 is 2.00 bits per heavy atom. The van der Waals surface area contributed by atoms with E-state index < -0.39 is 0 Å². The summed E-state index contributed by atoms with van der Waals surface area (Å²) in [4.78, 5) is 26.7. The van der Waals surface area contributed by atoms with Gasteiger partial charge in [-0.15, -0.1) is 0 Å². The van der Waals surface area contributed by atoms with Crippen LogP contribution in [0.5, 0.6) is 0 Å². The predicted molar refractivity (Wildman–Crippen MR) is 104 cm³/mol. The Morgan fingerprint density at radius 3 is 2.71 bits per heavy atom. The molecule has 2 aliphatic rings. The molecule has 150 valence electrons. The van der Waals surface area contributed by atoms with Crippen LogP contribution in [0.25, 0.3) is 5.69 Å². The lowest BCUT2D eigenvalue weighted by Gasteiger charge is -2.33. The molecule has 2 aromatic rings. The molecule has 2 saturated heterocycles. The molecular weight excluding hydrogens is 358 g/mol. The Labute approximate surface area is 163 Å². The van der Waals surface area contributed by atoms with Crippen LogP contribution in [0.2, 0.25) is 0 Å². The van der Waals surface area contributed by atoms with Crippen LogP contribution in [0.4, 0.5) is 0 Å². The normalized spacial score (nSPS) is 21.0. The van der Waals surface area contributed by atoms with E-state index in [9.17, 15) is 9.59 Å². The van der Waals surface area contributed by atoms with Crippen molar-refractivity contribution in [3.63, 3.8) is 0 Å². The minimum atomic E-state index is -0.213. The molecule has 0 saturated carbocycles. The minimum Gasteiger partial charge on any atom is -0.375 e. The third-order valence-electron chi connectivity index (χ3n) is 5.60. The first-order valence-electron chi connectivity index (χ1n) is 10.0. The Kier molecular flexibility index (Phi) is 5.87. The largest absolute Gasteiger partial charge is 0.375 e. The van der Waals surface area contributed by atoms with E-state index in [0.29, 0.717) is 18.9 Å². The van der Waals surface area contributed by atoms with Crippen LogP contribution in [-0.2, 0) is 16.0 Å². The van der Waals surface area contributed by atoms with Gasteiger partial charge in [0.1, 0.15) is 5.82 Å². The van der Waals surface area contributed by atoms with Gasteiger partial charge in [0, 0.05) is 32.6 Å². The summed E-state index contributed by atoms with van der Waals surface area (Å²) in [5.41, 5.74) is 0.611. The zero-order valence-electron chi connectivity index (χ0n) is 16.0. The fraction of sp³-hybridized carbons (Fsp3) is 0.550. The fourth-order valence-corrected chi connectivity index (χ4v) is 4.03. The van der Waals surface area contributed by atoms with Gasteiger partial charge in [-0.05, 0) is 30.9 Å². The highest BCUT2D eigenvalue weighted by Gasteiger charge is 2.27. The van der Waals surface area contributed by atoms with Gasteiger partial charge < -0.3 is 15.0 Å². The van der Waals surface area contributed by atoms with Gasteiger partial charge in [0.15, 0.2) is 0 Å². The smallest absolute Gasteiger partial charge is 0.347 e. The van der Waals surface area contributed by atoms with Crippen molar-refractivity contribution in [2.24, 2.45) is 5.92 Å². The van der Waals surface area contributed by atoms with Crippen LogP contribution < -0.4 is 11.0 Å². The van der Waals surface area contributed by atoms with Crippen molar-refractivity contribution < 1.29 is 9.53 Å². The first-order valence-corrected chi connectivity index (χ1v) is 10.0. The van der Waals surface area contributed by atoms with Gasteiger partial charge in [-0.3, -0.25) is 4.79 Å². The van der Waals surface area contributed by atoms with E-state index in [4.69, 9.17) is 4.74 Å². The van der Waals surface area contributed by atoms with Gasteiger partial charge >= 0.3 is 5.69 Å². The number of H-pyrrole nitrogens is 1. The fourth-order valence-electron chi connectivity index (χ4n) is 4.03. The summed E-state index contributed by atoms with van der Waals surface area (Å²) in [6, 6.07) is 9.56. The Balaban J connectivity index is 1.33. The SMILES string of the molecule is O=C(C[C@H]1CNCCO1)N1CCC(Cc2n[nH]c(=O)n2-c2ccccc2)CC1. The molecule has 2 N–H and O–H groups in total. The van der Waals surface area contributed by atoms with Crippen LogP contribution in [-0.4, -0.2) is 64.5 Å². The number of morpholine rings is 1. The Hall–Kier alpha value is -2.45. The number of ether oxygens (including phenoxy) is 1. The number of hydrogen-bond acceptors (Lipinski definition) is 5. The van der Waals surface area contributed by atoms with Crippen LogP contribution in [0.1, 0.15) is 25.1 Å². The lowest BCUT2D eigenvalue weighted by Crippen LogP contribution is -2.44. The number of para-hydroxylation sites is 1. The minimum absolute atomic E-state index is 0.0108. The number of carbonyl (C=O) groups excluding carboxylic acids is 1. The van der Waals surface area contributed by atoms with Crippen molar-refractivity contribution in [2.45, 2.75) is 31.8 Å². The van der Waals surface area contributed by atoms with Crippen molar-refractivity contribution in [1.82, 2.24) is 25.0 Å². The number of aromatic amines is 1. The van der Waals surface area contributed by atoms with Gasteiger partial charge in [0.2, 0.25) is 5.91 Å². The second-order valence-electron chi connectivity index (χ2n) is 7.55. The number of nitrogens with zero attached hydrogens (tertiary/aromatic N) is 3. The summed E-state index contributed by atoms with van der Waals surface area (Å²) in [6.45, 7) is 3.79. The molecule has 8 heteroatoms. The topological polar surface area (TPSA) is 92.2 Å². The summed E-state index contributed by atoms with van der Waals surface area (Å²) >= 11 is 0. The Morgan fingerprint density at radius 1 is 1.21 bits per heavy atom. The molecule has 0 radical (unpaired) electrons. The predicted octanol–water partition coefficient (Wildman–Crippen LogP) is 0.720. The second-order valence-corrected chi connectivity index (χ2v) is 7.55. The maximum Gasteiger partial charge on any atom is 0.347 e. The van der Waals surface area contributed by atoms with Crippen molar-refractivity contribution in [1.29, 1.82) is 0 Å². The number of carbonyl (C=O) groups is 1. The summed E-state index contributed by atoms with van der Waals surface area (Å²) in [5, 5.41) is 10.1. The lowest BCUT2D eigenvalue weighted by atomic mass is 9.93. The van der Waals surface area contributed by atoms with E-state index in [0.717, 1.165) is 57.0 Å². The molecule has 2 fully saturated rings. The molecule has 28 heavy (non-hydrogen) atoms. The number of rotatable bonds is 5. The average Bonchev–Trinajstić information content (AvgIpc) is 3.10. The number of piperidine rings is 1. The van der Waals surface area contributed by atoms with E-state index in [1.807, 2.05) is 35.2 Å². The maximum absolute atomic E-state index is 12.5. The van der Waals surface area contributed by atoms with Crippen LogP contribution in [0.15, 0.2) is 35.1 Å². The third-order valence-corrected chi connectivity index (χ3v) is 5.60. The molecule has 4 rings (SSSR count). The van der Waals surface area contributed by atoms with Crippen LogP contribution in [0.3, 0.4) is 0 Å². The lowest BCUT2D eigenvalue weighted by molar-refractivity contribution is -0.136. The van der Waals surface area contributed by atoms with E-state index in [2.05, 4.69) is 15.5 Å². The number of nitrogens with one attached hydrogen (secondary N) is 2. The standard InChI is InChI=1S/C20H27N5O3/c26-19(13-17-14-21-8-11-28-17)24-9-6-15(7-10-24)12-18-22-23-20(27)25(18)16-4-2-1-3-5-16/h1-5,15,17,21H,6-14H2,(H,23,27)/t17-/m0/s1. The monoisotopic (exact) mass is 385 g/mol. The highest BCUT2D eigenvalue weighted by atomic mass is 16.5. The van der Waals surface area contributed by atoms with Crippen LogP contribution in [0, 0.1) is 5.92 Å². The highest BCUT2D eigenvalue weighted by molar-refractivity contribution is 5.76. The van der Waals surface area contributed by atoms with Crippen molar-refractivity contribution in [3.8, 4) is 5.69 Å². The summed E-state index contributed by atoms with van der Waals surface area (Å²) < 4.78 is 7.29. The van der Waals surface area contributed by atoms with Gasteiger partial charge in [-0.1, -0.05) is 18.2 Å². The van der Waals surface area contributed by atoms with Gasteiger partial charge in [-0.25, -0.2) is 14.5 Å². The van der Waals surface area contributed by atoms with Crippen molar-refractivity contribution in [3.05, 3.63) is 46.6 Å². The van der Waals surface area contributed by atoms with Crippen LogP contribution >= 0.6 is 0 Å². The van der Waals surface area contributed by atoms with Gasteiger partial charge in [-0.2, -0.15) is 5.10 Å². The average molecular weight is 385 g/mol.